The van der Waals surface area contributed by atoms with Crippen LogP contribution in [-0.2, 0) is 6.18 Å². The zero-order valence-corrected chi connectivity index (χ0v) is 12.1. The largest absolute Gasteiger partial charge is 0.416 e. The highest BCUT2D eigenvalue weighted by atomic mass is 19.4. The Balaban J connectivity index is 2.17. The Morgan fingerprint density at radius 1 is 1.30 bits per heavy atom. The zero-order chi connectivity index (χ0) is 14.9. The summed E-state index contributed by atoms with van der Waals surface area (Å²) in [4.78, 5) is 2.05. The lowest BCUT2D eigenvalue weighted by Gasteiger charge is -2.23. The first-order valence-corrected chi connectivity index (χ1v) is 6.96. The molecule has 0 saturated carbocycles. The number of aryl methyl sites for hydroxylation is 1. The standard InChI is InChI=1S/C15H21F3N2/c1-10(2)19-13-6-7-20(9-13)14-8-12(15(16,17)18)5-4-11(14)3/h4-5,8,10,13,19H,6-7,9H2,1-3H3. The van der Waals surface area contributed by atoms with E-state index in [9.17, 15) is 13.2 Å². The molecule has 5 heteroatoms. The Morgan fingerprint density at radius 2 is 2.00 bits per heavy atom. The van der Waals surface area contributed by atoms with Crippen molar-refractivity contribution in [3.8, 4) is 0 Å². The number of halogens is 3. The van der Waals surface area contributed by atoms with Crippen molar-refractivity contribution in [2.75, 3.05) is 18.0 Å². The summed E-state index contributed by atoms with van der Waals surface area (Å²) in [6.45, 7) is 7.59. The number of hydrogen-bond donors (Lipinski definition) is 1. The van der Waals surface area contributed by atoms with E-state index in [1.807, 2.05) is 11.8 Å². The maximum absolute atomic E-state index is 12.8. The number of rotatable bonds is 3. The topological polar surface area (TPSA) is 15.3 Å². The molecule has 1 atom stereocenters. The Labute approximate surface area is 118 Å². The predicted molar refractivity (Wildman–Crippen MR) is 75.1 cm³/mol. The second-order valence-electron chi connectivity index (χ2n) is 5.75. The van der Waals surface area contributed by atoms with Crippen molar-refractivity contribution in [3.05, 3.63) is 29.3 Å². The minimum atomic E-state index is -4.28. The van der Waals surface area contributed by atoms with E-state index >= 15 is 0 Å². The number of nitrogens with one attached hydrogen (secondary N) is 1. The summed E-state index contributed by atoms with van der Waals surface area (Å²) in [5, 5.41) is 3.44. The van der Waals surface area contributed by atoms with Crippen LogP contribution in [0.5, 0.6) is 0 Å². The Bertz CT molecular complexity index is 469. The van der Waals surface area contributed by atoms with E-state index in [0.717, 1.165) is 31.1 Å². The Morgan fingerprint density at radius 3 is 2.60 bits per heavy atom. The average Bonchev–Trinajstić information content (AvgIpc) is 2.75. The molecule has 2 nitrogen and oxygen atoms in total. The van der Waals surface area contributed by atoms with Gasteiger partial charge in [0, 0.05) is 30.9 Å². The zero-order valence-electron chi connectivity index (χ0n) is 12.1. The molecule has 1 fully saturated rings. The molecule has 0 amide bonds. The third-order valence-electron chi connectivity index (χ3n) is 3.63. The third kappa shape index (κ3) is 3.45. The van der Waals surface area contributed by atoms with Crippen LogP contribution in [0.15, 0.2) is 18.2 Å². The fraction of sp³-hybridized carbons (Fsp3) is 0.600. The van der Waals surface area contributed by atoms with Crippen LogP contribution in [0, 0.1) is 6.92 Å². The Kier molecular flexibility index (Phi) is 4.28. The third-order valence-corrected chi connectivity index (χ3v) is 3.63. The summed E-state index contributed by atoms with van der Waals surface area (Å²) in [5.74, 6) is 0. The molecule has 0 bridgehead atoms. The quantitative estimate of drug-likeness (QED) is 0.913. The molecular weight excluding hydrogens is 265 g/mol. The van der Waals surface area contributed by atoms with Gasteiger partial charge in [-0.2, -0.15) is 13.2 Å². The smallest absolute Gasteiger partial charge is 0.370 e. The van der Waals surface area contributed by atoms with Gasteiger partial charge in [0.1, 0.15) is 0 Å². The van der Waals surface area contributed by atoms with Crippen molar-refractivity contribution in [2.45, 2.75) is 45.5 Å². The molecule has 20 heavy (non-hydrogen) atoms. The van der Waals surface area contributed by atoms with E-state index in [0.29, 0.717) is 17.8 Å². The van der Waals surface area contributed by atoms with Gasteiger partial charge in [-0.25, -0.2) is 0 Å². The van der Waals surface area contributed by atoms with Gasteiger partial charge in [0.05, 0.1) is 5.56 Å². The molecule has 1 saturated heterocycles. The second kappa shape index (κ2) is 5.64. The first-order chi connectivity index (χ1) is 9.27. The van der Waals surface area contributed by atoms with Gasteiger partial charge in [-0.1, -0.05) is 19.9 Å². The molecule has 112 valence electrons. The maximum Gasteiger partial charge on any atom is 0.416 e. The van der Waals surface area contributed by atoms with Gasteiger partial charge in [0.15, 0.2) is 0 Å². The van der Waals surface area contributed by atoms with E-state index in [1.54, 1.807) is 6.07 Å². The molecule has 2 rings (SSSR count). The van der Waals surface area contributed by atoms with E-state index in [2.05, 4.69) is 19.2 Å². The lowest BCUT2D eigenvalue weighted by molar-refractivity contribution is -0.137. The molecule has 0 spiro atoms. The molecule has 1 aromatic rings. The summed E-state index contributed by atoms with van der Waals surface area (Å²) in [6, 6.07) is 4.72. The molecule has 1 unspecified atom stereocenters. The van der Waals surface area contributed by atoms with Crippen molar-refractivity contribution in [2.24, 2.45) is 0 Å². The molecule has 1 aliphatic rings. The fourth-order valence-corrected chi connectivity index (χ4v) is 2.71. The van der Waals surface area contributed by atoms with Crippen molar-refractivity contribution in [3.63, 3.8) is 0 Å². The number of hydrogen-bond acceptors (Lipinski definition) is 2. The summed E-state index contributed by atoms with van der Waals surface area (Å²) in [7, 11) is 0. The molecule has 0 aromatic heterocycles. The number of anilines is 1. The minimum Gasteiger partial charge on any atom is -0.370 e. The van der Waals surface area contributed by atoms with Gasteiger partial charge >= 0.3 is 6.18 Å². The number of alkyl halides is 3. The van der Waals surface area contributed by atoms with Crippen molar-refractivity contribution < 1.29 is 13.2 Å². The molecular formula is C15H21F3N2. The van der Waals surface area contributed by atoms with Crippen LogP contribution in [0.4, 0.5) is 18.9 Å². The highest BCUT2D eigenvalue weighted by molar-refractivity contribution is 5.56. The van der Waals surface area contributed by atoms with Gasteiger partial charge in [0.25, 0.3) is 0 Å². The molecule has 1 aromatic carbocycles. The van der Waals surface area contributed by atoms with Crippen molar-refractivity contribution in [1.29, 1.82) is 0 Å². The van der Waals surface area contributed by atoms with E-state index in [1.165, 1.54) is 6.07 Å². The summed E-state index contributed by atoms with van der Waals surface area (Å²) in [6.07, 6.45) is -3.31. The first kappa shape index (κ1) is 15.2. The SMILES string of the molecule is Cc1ccc(C(F)(F)F)cc1N1CCC(NC(C)C)C1. The van der Waals surface area contributed by atoms with Crippen LogP contribution in [0.3, 0.4) is 0 Å². The fourth-order valence-electron chi connectivity index (χ4n) is 2.71. The molecule has 1 aliphatic heterocycles. The normalized spacial score (nSPS) is 19.9. The van der Waals surface area contributed by atoms with Crippen LogP contribution < -0.4 is 10.2 Å². The summed E-state index contributed by atoms with van der Waals surface area (Å²) in [5.41, 5.74) is 1.02. The van der Waals surface area contributed by atoms with Crippen LogP contribution in [0.2, 0.25) is 0 Å². The van der Waals surface area contributed by atoms with Gasteiger partial charge in [0.2, 0.25) is 0 Å². The second-order valence-corrected chi connectivity index (χ2v) is 5.75. The maximum atomic E-state index is 12.8. The highest BCUT2D eigenvalue weighted by Crippen LogP contribution is 2.34. The van der Waals surface area contributed by atoms with Gasteiger partial charge < -0.3 is 10.2 Å². The lowest BCUT2D eigenvalue weighted by atomic mass is 10.1. The van der Waals surface area contributed by atoms with Crippen LogP contribution >= 0.6 is 0 Å². The van der Waals surface area contributed by atoms with Gasteiger partial charge in [-0.15, -0.1) is 0 Å². The number of benzene rings is 1. The van der Waals surface area contributed by atoms with Gasteiger partial charge in [-0.05, 0) is 31.0 Å². The highest BCUT2D eigenvalue weighted by Gasteiger charge is 2.32. The average molecular weight is 286 g/mol. The molecule has 0 aliphatic carbocycles. The lowest BCUT2D eigenvalue weighted by Crippen LogP contribution is -2.37. The Hall–Kier alpha value is -1.23. The molecule has 1 heterocycles. The first-order valence-electron chi connectivity index (χ1n) is 6.96. The summed E-state index contributed by atoms with van der Waals surface area (Å²) < 4.78 is 38.4. The predicted octanol–water partition coefficient (Wildman–Crippen LogP) is 3.59. The molecule has 1 N–H and O–H groups in total. The van der Waals surface area contributed by atoms with E-state index < -0.39 is 11.7 Å². The molecule has 0 radical (unpaired) electrons. The van der Waals surface area contributed by atoms with E-state index in [-0.39, 0.29) is 0 Å². The van der Waals surface area contributed by atoms with Crippen LogP contribution in [-0.4, -0.2) is 25.2 Å². The number of nitrogens with zero attached hydrogens (tertiary/aromatic N) is 1. The van der Waals surface area contributed by atoms with Crippen molar-refractivity contribution >= 4 is 5.69 Å². The minimum absolute atomic E-state index is 0.351. The van der Waals surface area contributed by atoms with Crippen molar-refractivity contribution in [1.82, 2.24) is 5.32 Å². The van der Waals surface area contributed by atoms with Crippen LogP contribution in [0.25, 0.3) is 0 Å². The summed E-state index contributed by atoms with van der Waals surface area (Å²) >= 11 is 0. The van der Waals surface area contributed by atoms with Crippen LogP contribution in [0.1, 0.15) is 31.4 Å². The van der Waals surface area contributed by atoms with Gasteiger partial charge in [-0.3, -0.25) is 0 Å². The monoisotopic (exact) mass is 286 g/mol. The van der Waals surface area contributed by atoms with E-state index in [4.69, 9.17) is 0 Å².